The zero-order valence-corrected chi connectivity index (χ0v) is 15.8. The number of methoxy groups -OCH3 is 3. The molecule has 2 atom stereocenters. The van der Waals surface area contributed by atoms with Gasteiger partial charge in [-0.25, -0.2) is 5.43 Å². The molecule has 2 heterocycles. The second-order valence-corrected chi connectivity index (χ2v) is 6.26. The number of carbonyl (C=O) groups is 1. The fourth-order valence-electron chi connectivity index (χ4n) is 3.50. The van der Waals surface area contributed by atoms with Gasteiger partial charge in [0, 0.05) is 22.9 Å². The molecule has 1 aliphatic heterocycles. The number of carbonyl (C=O) groups excluding carboxylic acids is 1. The molecule has 0 fully saturated rings. The maximum atomic E-state index is 12.5. The monoisotopic (exact) mass is 374 g/mol. The van der Waals surface area contributed by atoms with Gasteiger partial charge < -0.3 is 19.3 Å². The molecule has 0 saturated carbocycles. The van der Waals surface area contributed by atoms with Crippen LogP contribution in [-0.2, 0) is 4.79 Å². The van der Waals surface area contributed by atoms with E-state index in [-0.39, 0.29) is 11.5 Å². The van der Waals surface area contributed by atoms with Crippen LogP contribution in [-0.4, -0.2) is 43.1 Å². The summed E-state index contributed by atoms with van der Waals surface area (Å²) in [6.45, 7) is 3.53. The Morgan fingerprint density at radius 2 is 1.63 bits per heavy atom. The van der Waals surface area contributed by atoms with E-state index < -0.39 is 11.8 Å². The smallest absolute Gasteiger partial charge is 0.267 e. The van der Waals surface area contributed by atoms with E-state index in [2.05, 4.69) is 20.7 Å². The minimum atomic E-state index is -0.636. The van der Waals surface area contributed by atoms with Crippen molar-refractivity contribution < 1.29 is 19.0 Å². The van der Waals surface area contributed by atoms with Crippen molar-refractivity contribution >= 4 is 11.6 Å². The molecule has 1 aromatic heterocycles. The van der Waals surface area contributed by atoms with Gasteiger partial charge in [-0.05, 0) is 31.5 Å². The number of hydrogen-bond donors (Lipinski definition) is 3. The van der Waals surface area contributed by atoms with E-state index in [4.69, 9.17) is 14.2 Å². The normalized spacial score (nSPS) is 17.3. The topological polar surface area (TPSA) is 118 Å². The van der Waals surface area contributed by atoms with Gasteiger partial charge in [-0.3, -0.25) is 14.7 Å². The molecule has 0 aliphatic carbocycles. The number of aryl methyl sites for hydroxylation is 1. The molecular formula is C18H22N4O5. The zero-order chi connectivity index (χ0) is 19.7. The predicted octanol–water partition coefficient (Wildman–Crippen LogP) is 1.29. The maximum absolute atomic E-state index is 12.5. The van der Waals surface area contributed by atoms with Gasteiger partial charge in [0.25, 0.3) is 5.56 Å². The van der Waals surface area contributed by atoms with Crippen molar-refractivity contribution in [2.24, 2.45) is 11.0 Å². The van der Waals surface area contributed by atoms with E-state index in [9.17, 15) is 9.59 Å². The van der Waals surface area contributed by atoms with Crippen molar-refractivity contribution in [1.29, 1.82) is 0 Å². The molecule has 3 rings (SSSR count). The van der Waals surface area contributed by atoms with Gasteiger partial charge in [0.2, 0.25) is 11.7 Å². The molecule has 0 saturated heterocycles. The second kappa shape index (κ2) is 7.18. The third-order valence-electron chi connectivity index (χ3n) is 4.78. The number of aromatic amines is 2. The van der Waals surface area contributed by atoms with Crippen molar-refractivity contribution in [3.8, 4) is 17.2 Å². The first-order valence-corrected chi connectivity index (χ1v) is 8.34. The average molecular weight is 374 g/mol. The molecular weight excluding hydrogens is 352 g/mol. The number of amides is 1. The van der Waals surface area contributed by atoms with Crippen LogP contribution in [0.4, 0.5) is 0 Å². The Labute approximate surface area is 155 Å². The third-order valence-corrected chi connectivity index (χ3v) is 4.78. The van der Waals surface area contributed by atoms with Crippen LogP contribution in [0.15, 0.2) is 22.0 Å². The molecule has 0 spiro atoms. The van der Waals surface area contributed by atoms with Crippen LogP contribution in [0.3, 0.4) is 0 Å². The summed E-state index contributed by atoms with van der Waals surface area (Å²) in [5, 5.41) is 9.45. The van der Waals surface area contributed by atoms with Crippen LogP contribution >= 0.6 is 0 Å². The van der Waals surface area contributed by atoms with E-state index in [1.165, 1.54) is 21.3 Å². The quantitative estimate of drug-likeness (QED) is 0.704. The standard InChI is InChI=1S/C18H22N4O5/c1-8-13(17(23)21-19-8)15(14-9(2)20-22-18(14)24)10-6-11(25-3)16(27-5)12(7-10)26-4/h6-7,13,15H,1-5H3,(H,21,23)(H2,20,22,24)/t13-,15-/m1/s1. The predicted molar refractivity (Wildman–Crippen MR) is 98.8 cm³/mol. The van der Waals surface area contributed by atoms with E-state index in [1.54, 1.807) is 26.0 Å². The van der Waals surface area contributed by atoms with Crippen molar-refractivity contribution in [2.75, 3.05) is 21.3 Å². The lowest BCUT2D eigenvalue weighted by Crippen LogP contribution is -2.31. The summed E-state index contributed by atoms with van der Waals surface area (Å²) in [7, 11) is 4.54. The largest absolute Gasteiger partial charge is 0.493 e. The van der Waals surface area contributed by atoms with Gasteiger partial charge in [0.05, 0.1) is 27.2 Å². The molecule has 0 bridgehead atoms. The maximum Gasteiger partial charge on any atom is 0.267 e. The highest BCUT2D eigenvalue weighted by molar-refractivity contribution is 6.08. The van der Waals surface area contributed by atoms with Crippen LogP contribution < -0.4 is 25.2 Å². The van der Waals surface area contributed by atoms with E-state index >= 15 is 0 Å². The van der Waals surface area contributed by atoms with Crippen LogP contribution in [0.25, 0.3) is 0 Å². The molecule has 0 radical (unpaired) electrons. The number of hydrazone groups is 1. The molecule has 1 aliphatic rings. The Morgan fingerprint density at radius 3 is 2.04 bits per heavy atom. The van der Waals surface area contributed by atoms with E-state index in [0.717, 1.165) is 0 Å². The van der Waals surface area contributed by atoms with Gasteiger partial charge in [-0.1, -0.05) is 0 Å². The van der Waals surface area contributed by atoms with Crippen LogP contribution in [0.5, 0.6) is 17.2 Å². The van der Waals surface area contributed by atoms with Crippen LogP contribution in [0.1, 0.15) is 29.7 Å². The number of nitrogens with zero attached hydrogens (tertiary/aromatic N) is 1. The summed E-state index contributed by atoms with van der Waals surface area (Å²) < 4.78 is 16.2. The SMILES string of the molecule is COc1cc([C@@H](c2c(C)[nH][nH]c2=O)[C@@H]2C(=O)NN=C2C)cc(OC)c1OC. The summed E-state index contributed by atoms with van der Waals surface area (Å²) in [5.74, 6) is -0.179. The molecule has 0 unspecified atom stereocenters. The molecule has 3 N–H and O–H groups in total. The lowest BCUT2D eigenvalue weighted by Gasteiger charge is -2.24. The number of ether oxygens (including phenoxy) is 3. The van der Waals surface area contributed by atoms with E-state index in [1.807, 2.05) is 0 Å². The number of aromatic nitrogens is 2. The van der Waals surface area contributed by atoms with Gasteiger partial charge in [-0.15, -0.1) is 0 Å². The highest BCUT2D eigenvalue weighted by Crippen LogP contribution is 2.43. The van der Waals surface area contributed by atoms with Crippen molar-refractivity contribution in [2.45, 2.75) is 19.8 Å². The van der Waals surface area contributed by atoms with Gasteiger partial charge in [-0.2, -0.15) is 5.10 Å². The summed E-state index contributed by atoms with van der Waals surface area (Å²) in [5.41, 5.74) is 4.57. The highest BCUT2D eigenvalue weighted by atomic mass is 16.5. The van der Waals surface area contributed by atoms with Gasteiger partial charge >= 0.3 is 0 Å². The fraction of sp³-hybridized carbons (Fsp3) is 0.389. The Morgan fingerprint density at radius 1 is 1.00 bits per heavy atom. The molecule has 1 amide bonds. The van der Waals surface area contributed by atoms with Crippen molar-refractivity contribution in [3.05, 3.63) is 39.3 Å². The molecule has 27 heavy (non-hydrogen) atoms. The third kappa shape index (κ3) is 3.05. The lowest BCUT2D eigenvalue weighted by atomic mass is 9.78. The number of benzene rings is 1. The summed E-state index contributed by atoms with van der Waals surface area (Å²) >= 11 is 0. The summed E-state index contributed by atoms with van der Waals surface area (Å²) in [6, 6.07) is 3.49. The van der Waals surface area contributed by atoms with Crippen LogP contribution in [0, 0.1) is 12.8 Å². The van der Waals surface area contributed by atoms with Crippen LogP contribution in [0.2, 0.25) is 0 Å². The number of hydrogen-bond acceptors (Lipinski definition) is 6. The number of H-pyrrole nitrogens is 2. The highest BCUT2D eigenvalue weighted by Gasteiger charge is 2.40. The van der Waals surface area contributed by atoms with E-state index in [0.29, 0.717) is 39.8 Å². The first-order chi connectivity index (χ1) is 12.9. The summed E-state index contributed by atoms with van der Waals surface area (Å²) in [4.78, 5) is 25.0. The Hall–Kier alpha value is -3.23. The molecule has 9 nitrogen and oxygen atoms in total. The first-order valence-electron chi connectivity index (χ1n) is 8.34. The van der Waals surface area contributed by atoms with Crippen molar-refractivity contribution in [1.82, 2.24) is 15.6 Å². The van der Waals surface area contributed by atoms with Crippen molar-refractivity contribution in [3.63, 3.8) is 0 Å². The Balaban J connectivity index is 2.28. The number of rotatable bonds is 6. The lowest BCUT2D eigenvalue weighted by molar-refractivity contribution is -0.122. The molecule has 2 aromatic rings. The second-order valence-electron chi connectivity index (χ2n) is 6.26. The Bertz CT molecular complexity index is 934. The fourth-order valence-corrected chi connectivity index (χ4v) is 3.50. The number of nitrogens with one attached hydrogen (secondary N) is 3. The average Bonchev–Trinajstić information content (AvgIpc) is 3.17. The van der Waals surface area contributed by atoms with Gasteiger partial charge in [0.1, 0.15) is 0 Å². The first kappa shape index (κ1) is 18.6. The summed E-state index contributed by atoms with van der Waals surface area (Å²) in [6.07, 6.45) is 0. The molecule has 1 aromatic carbocycles. The minimum absolute atomic E-state index is 0.272. The van der Waals surface area contributed by atoms with Gasteiger partial charge in [0.15, 0.2) is 11.5 Å². The molecule has 144 valence electrons. The Kier molecular flexibility index (Phi) is 4.93. The minimum Gasteiger partial charge on any atom is -0.493 e. The molecule has 9 heteroatoms. The zero-order valence-electron chi connectivity index (χ0n) is 15.8.